The second-order valence-corrected chi connectivity index (χ2v) is 4.54. The lowest BCUT2D eigenvalue weighted by Crippen LogP contribution is -2.19. The molecule has 0 fully saturated rings. The van der Waals surface area contributed by atoms with E-state index in [4.69, 9.17) is 10.5 Å². The second-order valence-electron chi connectivity index (χ2n) is 4.54. The minimum atomic E-state index is 0.204. The molecule has 2 aromatic carbocycles. The van der Waals surface area contributed by atoms with Crippen molar-refractivity contribution in [1.82, 2.24) is 5.32 Å². The molecule has 0 aromatic heterocycles. The molecule has 0 aliphatic rings. The number of methoxy groups -OCH3 is 1. The van der Waals surface area contributed by atoms with Crippen LogP contribution in [0.2, 0.25) is 0 Å². The minimum absolute atomic E-state index is 0.204. The van der Waals surface area contributed by atoms with Gasteiger partial charge in [-0.05, 0) is 24.6 Å². The number of nitrogens with one attached hydrogen (secondary N) is 1. The predicted molar refractivity (Wildman–Crippen MR) is 79.1 cm³/mol. The van der Waals surface area contributed by atoms with Crippen molar-refractivity contribution < 1.29 is 4.74 Å². The Morgan fingerprint density at radius 1 is 1.11 bits per heavy atom. The zero-order valence-electron chi connectivity index (χ0n) is 11.4. The summed E-state index contributed by atoms with van der Waals surface area (Å²) in [5.74, 6) is 0.906. The molecule has 0 spiro atoms. The number of ether oxygens (including phenoxy) is 1. The molecular weight excluding hydrogens is 236 g/mol. The first kappa shape index (κ1) is 13.4. The van der Waals surface area contributed by atoms with Crippen LogP contribution in [0.4, 0.5) is 5.69 Å². The van der Waals surface area contributed by atoms with Gasteiger partial charge in [0.15, 0.2) is 0 Å². The van der Waals surface area contributed by atoms with Crippen LogP contribution >= 0.6 is 0 Å². The van der Waals surface area contributed by atoms with Gasteiger partial charge < -0.3 is 15.8 Å². The SMILES string of the molecule is COc1ccccc1C(C)NCc1ccccc1N. The standard InChI is InChI=1S/C16H20N2O/c1-12(14-8-4-6-10-16(14)19-2)18-11-13-7-3-5-9-15(13)17/h3-10,12,18H,11,17H2,1-2H3. The molecule has 3 nitrogen and oxygen atoms in total. The fourth-order valence-electron chi connectivity index (χ4n) is 2.09. The lowest BCUT2D eigenvalue weighted by Gasteiger charge is -2.17. The number of rotatable bonds is 5. The highest BCUT2D eigenvalue weighted by Crippen LogP contribution is 2.24. The third-order valence-electron chi connectivity index (χ3n) is 3.26. The second kappa shape index (κ2) is 6.25. The first-order valence-electron chi connectivity index (χ1n) is 6.42. The molecule has 0 aliphatic heterocycles. The van der Waals surface area contributed by atoms with Crippen molar-refractivity contribution in [3.05, 3.63) is 59.7 Å². The monoisotopic (exact) mass is 256 g/mol. The van der Waals surface area contributed by atoms with Gasteiger partial charge >= 0.3 is 0 Å². The van der Waals surface area contributed by atoms with Crippen LogP contribution in [0.3, 0.4) is 0 Å². The number of nitrogens with two attached hydrogens (primary N) is 1. The van der Waals surface area contributed by atoms with Crippen LogP contribution in [0.25, 0.3) is 0 Å². The van der Waals surface area contributed by atoms with Gasteiger partial charge in [0, 0.05) is 23.8 Å². The van der Waals surface area contributed by atoms with Crippen molar-refractivity contribution in [3.63, 3.8) is 0 Å². The summed E-state index contributed by atoms with van der Waals surface area (Å²) in [6.45, 7) is 2.86. The molecule has 0 saturated heterocycles. The van der Waals surface area contributed by atoms with Gasteiger partial charge in [0.25, 0.3) is 0 Å². The highest BCUT2D eigenvalue weighted by Gasteiger charge is 2.10. The minimum Gasteiger partial charge on any atom is -0.496 e. The number of hydrogen-bond donors (Lipinski definition) is 2. The fourth-order valence-corrected chi connectivity index (χ4v) is 2.09. The first-order valence-corrected chi connectivity index (χ1v) is 6.42. The maximum absolute atomic E-state index is 5.94. The molecule has 0 radical (unpaired) electrons. The largest absolute Gasteiger partial charge is 0.496 e. The van der Waals surface area contributed by atoms with E-state index in [0.29, 0.717) is 0 Å². The zero-order valence-corrected chi connectivity index (χ0v) is 11.4. The predicted octanol–water partition coefficient (Wildman–Crippen LogP) is 3.13. The van der Waals surface area contributed by atoms with Crippen molar-refractivity contribution in [2.75, 3.05) is 12.8 Å². The number of anilines is 1. The van der Waals surface area contributed by atoms with Gasteiger partial charge in [-0.3, -0.25) is 0 Å². The number of para-hydroxylation sites is 2. The van der Waals surface area contributed by atoms with Crippen LogP contribution in [0, 0.1) is 0 Å². The van der Waals surface area contributed by atoms with Crippen LogP contribution in [-0.4, -0.2) is 7.11 Å². The number of benzene rings is 2. The fraction of sp³-hybridized carbons (Fsp3) is 0.250. The number of nitrogen functional groups attached to an aromatic ring is 1. The molecule has 0 amide bonds. The van der Waals surface area contributed by atoms with Gasteiger partial charge in [0.2, 0.25) is 0 Å². The topological polar surface area (TPSA) is 47.3 Å². The van der Waals surface area contributed by atoms with Gasteiger partial charge in [-0.2, -0.15) is 0 Å². The van der Waals surface area contributed by atoms with E-state index in [1.165, 1.54) is 0 Å². The molecule has 3 heteroatoms. The van der Waals surface area contributed by atoms with Gasteiger partial charge in [-0.1, -0.05) is 36.4 Å². The summed E-state index contributed by atoms with van der Waals surface area (Å²) in [4.78, 5) is 0. The summed E-state index contributed by atoms with van der Waals surface area (Å²) in [5.41, 5.74) is 9.03. The van der Waals surface area contributed by atoms with Crippen LogP contribution in [0.15, 0.2) is 48.5 Å². The lowest BCUT2D eigenvalue weighted by atomic mass is 10.1. The molecule has 1 atom stereocenters. The van der Waals surface area contributed by atoms with Gasteiger partial charge in [0.1, 0.15) is 5.75 Å². The molecule has 0 aliphatic carbocycles. The van der Waals surface area contributed by atoms with Gasteiger partial charge in [-0.15, -0.1) is 0 Å². The maximum atomic E-state index is 5.94. The van der Waals surface area contributed by atoms with E-state index in [-0.39, 0.29) is 6.04 Å². The molecule has 0 heterocycles. The summed E-state index contributed by atoms with van der Waals surface area (Å²) < 4.78 is 5.38. The van der Waals surface area contributed by atoms with Crippen molar-refractivity contribution in [2.24, 2.45) is 0 Å². The summed E-state index contributed by atoms with van der Waals surface area (Å²) in [7, 11) is 1.70. The van der Waals surface area contributed by atoms with Gasteiger partial charge in [0.05, 0.1) is 7.11 Å². The van der Waals surface area contributed by atoms with Crippen molar-refractivity contribution in [2.45, 2.75) is 19.5 Å². The molecule has 2 aromatic rings. The molecule has 100 valence electrons. The Hall–Kier alpha value is -2.00. The quantitative estimate of drug-likeness (QED) is 0.808. The highest BCUT2D eigenvalue weighted by atomic mass is 16.5. The van der Waals surface area contributed by atoms with Crippen LogP contribution in [0.1, 0.15) is 24.1 Å². The van der Waals surface area contributed by atoms with E-state index < -0.39 is 0 Å². The van der Waals surface area contributed by atoms with Crippen LogP contribution in [0.5, 0.6) is 5.75 Å². The lowest BCUT2D eigenvalue weighted by molar-refractivity contribution is 0.401. The molecule has 0 bridgehead atoms. The molecule has 0 saturated carbocycles. The summed E-state index contributed by atoms with van der Waals surface area (Å²) in [6.07, 6.45) is 0. The van der Waals surface area contributed by atoms with E-state index in [2.05, 4.69) is 18.3 Å². The summed E-state index contributed by atoms with van der Waals surface area (Å²) >= 11 is 0. The molecule has 1 unspecified atom stereocenters. The number of hydrogen-bond acceptors (Lipinski definition) is 3. The van der Waals surface area contributed by atoms with E-state index in [0.717, 1.165) is 29.1 Å². The van der Waals surface area contributed by atoms with E-state index in [9.17, 15) is 0 Å². The third-order valence-corrected chi connectivity index (χ3v) is 3.26. The molecular formula is C16H20N2O. The third kappa shape index (κ3) is 3.26. The Kier molecular flexibility index (Phi) is 4.42. The molecule has 3 N–H and O–H groups in total. The molecule has 19 heavy (non-hydrogen) atoms. The summed E-state index contributed by atoms with van der Waals surface area (Å²) in [6, 6.07) is 16.2. The zero-order chi connectivity index (χ0) is 13.7. The normalized spacial score (nSPS) is 12.1. The van der Waals surface area contributed by atoms with Crippen LogP contribution < -0.4 is 15.8 Å². The van der Waals surface area contributed by atoms with Crippen LogP contribution in [-0.2, 0) is 6.54 Å². The van der Waals surface area contributed by atoms with Gasteiger partial charge in [-0.25, -0.2) is 0 Å². The Balaban J connectivity index is 2.05. The average Bonchev–Trinajstić information content (AvgIpc) is 2.46. The smallest absolute Gasteiger partial charge is 0.123 e. The Morgan fingerprint density at radius 3 is 2.53 bits per heavy atom. The van der Waals surface area contributed by atoms with Crippen molar-refractivity contribution in [3.8, 4) is 5.75 Å². The first-order chi connectivity index (χ1) is 9.22. The van der Waals surface area contributed by atoms with Crippen molar-refractivity contribution >= 4 is 5.69 Å². The highest BCUT2D eigenvalue weighted by molar-refractivity contribution is 5.46. The van der Waals surface area contributed by atoms with E-state index in [1.54, 1.807) is 7.11 Å². The van der Waals surface area contributed by atoms with Crippen molar-refractivity contribution in [1.29, 1.82) is 0 Å². The van der Waals surface area contributed by atoms with E-state index in [1.807, 2.05) is 42.5 Å². The molecule has 2 rings (SSSR count). The average molecular weight is 256 g/mol. The summed E-state index contributed by atoms with van der Waals surface area (Å²) in [5, 5.41) is 3.47. The Labute approximate surface area is 114 Å². The van der Waals surface area contributed by atoms with E-state index >= 15 is 0 Å². The maximum Gasteiger partial charge on any atom is 0.123 e. The Bertz CT molecular complexity index is 540. The Morgan fingerprint density at radius 2 is 1.79 bits per heavy atom.